The topological polar surface area (TPSA) is 33.1 Å². The highest BCUT2D eigenvalue weighted by atomic mass is 32.1. The molecule has 0 amide bonds. The smallest absolute Gasteiger partial charge is 0.170 e. The SMILES string of the molecule is Cc1cc([C@@H]2[C@@H](c3ccccn3)NC(=S)N2Cc2ccccc2)c(C)n1C1CCCC1. The standard InChI is InChI=1S/C26H30N4S/c1-18-16-22(19(2)30(18)21-12-6-7-13-21)25-24(23-14-8-9-15-27-23)28-26(31)29(25)17-20-10-4-3-5-11-20/h3-5,8-11,14-16,21,24-25H,6-7,12-13,17H2,1-2H3,(H,28,31)/t24-,25-/m1/s1. The summed E-state index contributed by atoms with van der Waals surface area (Å²) in [5, 5.41) is 4.40. The van der Waals surface area contributed by atoms with Gasteiger partial charge in [-0.1, -0.05) is 49.2 Å². The Morgan fingerprint density at radius 3 is 2.48 bits per heavy atom. The van der Waals surface area contributed by atoms with Gasteiger partial charge in [0.25, 0.3) is 0 Å². The Hall–Kier alpha value is -2.66. The second-order valence-corrected chi connectivity index (χ2v) is 9.26. The average molecular weight is 431 g/mol. The van der Waals surface area contributed by atoms with Crippen molar-refractivity contribution in [3.63, 3.8) is 0 Å². The van der Waals surface area contributed by atoms with Gasteiger partial charge in [0.15, 0.2) is 5.11 Å². The first-order valence-corrected chi connectivity index (χ1v) is 11.7. The van der Waals surface area contributed by atoms with Crippen molar-refractivity contribution in [2.75, 3.05) is 0 Å². The molecule has 4 nitrogen and oxygen atoms in total. The number of rotatable bonds is 5. The molecule has 2 aromatic heterocycles. The van der Waals surface area contributed by atoms with Gasteiger partial charge in [0.1, 0.15) is 0 Å². The molecule has 3 heterocycles. The van der Waals surface area contributed by atoms with Crippen LogP contribution in [-0.2, 0) is 6.54 Å². The number of benzene rings is 1. The zero-order valence-electron chi connectivity index (χ0n) is 18.3. The predicted molar refractivity (Wildman–Crippen MR) is 129 cm³/mol. The second-order valence-electron chi connectivity index (χ2n) is 8.87. The molecular weight excluding hydrogens is 400 g/mol. The van der Waals surface area contributed by atoms with Crippen LogP contribution in [0.5, 0.6) is 0 Å². The van der Waals surface area contributed by atoms with Crippen LogP contribution < -0.4 is 5.32 Å². The van der Waals surface area contributed by atoms with Crippen LogP contribution >= 0.6 is 12.2 Å². The molecule has 2 atom stereocenters. The number of nitrogens with zero attached hydrogens (tertiary/aromatic N) is 3. The molecule has 31 heavy (non-hydrogen) atoms. The largest absolute Gasteiger partial charge is 0.352 e. The molecule has 1 aromatic carbocycles. The molecule has 0 bridgehead atoms. The number of hydrogen-bond donors (Lipinski definition) is 1. The first-order valence-electron chi connectivity index (χ1n) is 11.3. The number of aromatic nitrogens is 2. The summed E-state index contributed by atoms with van der Waals surface area (Å²) in [6.45, 7) is 5.33. The maximum absolute atomic E-state index is 5.86. The minimum Gasteiger partial charge on any atom is -0.352 e. The van der Waals surface area contributed by atoms with Crippen molar-refractivity contribution < 1.29 is 0 Å². The van der Waals surface area contributed by atoms with E-state index in [0.29, 0.717) is 6.04 Å². The van der Waals surface area contributed by atoms with E-state index >= 15 is 0 Å². The third-order valence-corrected chi connectivity index (χ3v) is 7.28. The molecule has 5 heteroatoms. The maximum atomic E-state index is 5.86. The molecule has 160 valence electrons. The molecule has 5 rings (SSSR count). The van der Waals surface area contributed by atoms with E-state index in [-0.39, 0.29) is 12.1 Å². The van der Waals surface area contributed by atoms with Crippen LogP contribution in [0.2, 0.25) is 0 Å². The molecule has 2 fully saturated rings. The molecule has 3 aromatic rings. The van der Waals surface area contributed by atoms with Crippen molar-refractivity contribution >= 4 is 17.3 Å². The molecule has 0 spiro atoms. The summed E-state index contributed by atoms with van der Waals surface area (Å²) in [6.07, 6.45) is 7.12. The lowest BCUT2D eigenvalue weighted by Gasteiger charge is -2.28. The normalized spacial score (nSPS) is 21.6. The van der Waals surface area contributed by atoms with Crippen molar-refractivity contribution in [3.05, 3.63) is 89.0 Å². The van der Waals surface area contributed by atoms with Crippen LogP contribution in [0.3, 0.4) is 0 Å². The van der Waals surface area contributed by atoms with E-state index < -0.39 is 0 Å². The number of aryl methyl sites for hydroxylation is 1. The summed E-state index contributed by atoms with van der Waals surface area (Å²) in [4.78, 5) is 7.05. The van der Waals surface area contributed by atoms with Gasteiger partial charge < -0.3 is 14.8 Å². The lowest BCUT2D eigenvalue weighted by Crippen LogP contribution is -2.29. The minimum atomic E-state index is 0.0370. The van der Waals surface area contributed by atoms with Crippen molar-refractivity contribution in [1.29, 1.82) is 0 Å². The lowest BCUT2D eigenvalue weighted by atomic mass is 9.96. The van der Waals surface area contributed by atoms with Crippen LogP contribution in [0.15, 0.2) is 60.8 Å². The zero-order valence-corrected chi connectivity index (χ0v) is 19.1. The molecule has 1 N–H and O–H groups in total. The van der Waals surface area contributed by atoms with Gasteiger partial charge in [-0.15, -0.1) is 0 Å². The van der Waals surface area contributed by atoms with Crippen LogP contribution in [0.4, 0.5) is 0 Å². The third-order valence-electron chi connectivity index (χ3n) is 6.93. The number of nitrogens with one attached hydrogen (secondary N) is 1. The van der Waals surface area contributed by atoms with E-state index in [9.17, 15) is 0 Å². The van der Waals surface area contributed by atoms with Gasteiger partial charge in [-0.25, -0.2) is 0 Å². The van der Waals surface area contributed by atoms with E-state index in [4.69, 9.17) is 17.2 Å². The summed E-state index contributed by atoms with van der Waals surface area (Å²) in [5.41, 5.74) is 6.40. The van der Waals surface area contributed by atoms with Crippen LogP contribution in [0.25, 0.3) is 0 Å². The summed E-state index contributed by atoms with van der Waals surface area (Å²) in [5.74, 6) is 0. The van der Waals surface area contributed by atoms with Gasteiger partial charge in [-0.3, -0.25) is 4.98 Å². The quantitative estimate of drug-likeness (QED) is 0.520. The Kier molecular flexibility index (Phi) is 5.53. The number of hydrogen-bond acceptors (Lipinski definition) is 2. The van der Waals surface area contributed by atoms with Crippen molar-refractivity contribution in [3.8, 4) is 0 Å². The van der Waals surface area contributed by atoms with Gasteiger partial charge in [0.05, 0.1) is 17.8 Å². The summed E-state index contributed by atoms with van der Waals surface area (Å²) < 4.78 is 2.58. The Balaban J connectivity index is 1.58. The number of pyridine rings is 1. The predicted octanol–water partition coefficient (Wildman–Crippen LogP) is 5.79. The summed E-state index contributed by atoms with van der Waals surface area (Å²) >= 11 is 5.86. The van der Waals surface area contributed by atoms with E-state index in [1.165, 1.54) is 48.2 Å². The summed E-state index contributed by atoms with van der Waals surface area (Å²) in [6, 6.07) is 19.9. The van der Waals surface area contributed by atoms with Crippen molar-refractivity contribution in [2.24, 2.45) is 0 Å². The molecular formula is C26H30N4S. The first-order chi connectivity index (χ1) is 15.1. The molecule has 1 aliphatic heterocycles. The van der Waals surface area contributed by atoms with Crippen molar-refractivity contribution in [2.45, 2.75) is 64.2 Å². The van der Waals surface area contributed by atoms with Gasteiger partial charge in [0.2, 0.25) is 0 Å². The third kappa shape index (κ3) is 3.76. The van der Waals surface area contributed by atoms with Gasteiger partial charge >= 0.3 is 0 Å². The molecule has 1 aliphatic carbocycles. The van der Waals surface area contributed by atoms with E-state index in [1.54, 1.807) is 0 Å². The van der Waals surface area contributed by atoms with E-state index in [2.05, 4.69) is 77.2 Å². The molecule has 1 saturated heterocycles. The fourth-order valence-corrected chi connectivity index (χ4v) is 5.83. The monoisotopic (exact) mass is 430 g/mol. The first kappa shape index (κ1) is 20.3. The fraction of sp³-hybridized carbons (Fsp3) is 0.385. The maximum Gasteiger partial charge on any atom is 0.170 e. The van der Waals surface area contributed by atoms with Crippen LogP contribution in [0, 0.1) is 13.8 Å². The average Bonchev–Trinajstić information content (AvgIpc) is 3.49. The number of thiocarbonyl (C=S) groups is 1. The Bertz CT molecular complexity index is 1050. The zero-order chi connectivity index (χ0) is 21.4. The highest BCUT2D eigenvalue weighted by Crippen LogP contribution is 2.43. The van der Waals surface area contributed by atoms with E-state index in [0.717, 1.165) is 17.4 Å². The lowest BCUT2D eigenvalue weighted by molar-refractivity contribution is 0.309. The highest BCUT2D eigenvalue weighted by molar-refractivity contribution is 7.80. The molecule has 0 radical (unpaired) electrons. The second kappa shape index (κ2) is 8.46. The highest BCUT2D eigenvalue weighted by Gasteiger charge is 2.41. The van der Waals surface area contributed by atoms with Gasteiger partial charge in [0, 0.05) is 30.2 Å². The molecule has 2 aliphatic rings. The minimum absolute atomic E-state index is 0.0370. The molecule has 1 saturated carbocycles. The van der Waals surface area contributed by atoms with Crippen LogP contribution in [-0.4, -0.2) is 19.6 Å². The van der Waals surface area contributed by atoms with Gasteiger partial charge in [-0.2, -0.15) is 0 Å². The van der Waals surface area contributed by atoms with Crippen molar-refractivity contribution in [1.82, 2.24) is 19.8 Å². The van der Waals surface area contributed by atoms with Gasteiger partial charge in [-0.05, 0) is 68.2 Å². The van der Waals surface area contributed by atoms with Crippen LogP contribution in [0.1, 0.15) is 72.0 Å². The Morgan fingerprint density at radius 2 is 1.77 bits per heavy atom. The molecule has 0 unspecified atom stereocenters. The van der Waals surface area contributed by atoms with E-state index in [1.807, 2.05) is 12.3 Å². The Morgan fingerprint density at radius 1 is 1.03 bits per heavy atom. The Labute approximate surface area is 190 Å². The summed E-state index contributed by atoms with van der Waals surface area (Å²) in [7, 11) is 0. The fourth-order valence-electron chi connectivity index (χ4n) is 5.52.